The second-order valence-electron chi connectivity index (χ2n) is 8.55. The SMILES string of the molecule is Brc1ccc(-c2ccc3c(c2)c2ccccc2n3-c2ccc(-c3ccccc3)cc2)c2nsnc12. The standard InChI is InChI=1S/C30H18BrN3S/c31-26-16-15-23(29-30(26)33-35-32-29)21-12-17-28-25(18-21)24-8-4-5-9-27(24)34(28)22-13-10-20(11-14-22)19-6-2-1-3-7-19/h1-18H. The molecule has 5 aromatic carbocycles. The summed E-state index contributed by atoms with van der Waals surface area (Å²) in [4.78, 5) is 0. The van der Waals surface area contributed by atoms with Gasteiger partial charge in [0, 0.05) is 26.5 Å². The molecule has 0 aliphatic carbocycles. The zero-order chi connectivity index (χ0) is 23.4. The number of aromatic nitrogens is 3. The Bertz CT molecular complexity index is 1850. The van der Waals surface area contributed by atoms with Crippen LogP contribution in [-0.2, 0) is 0 Å². The third-order valence-electron chi connectivity index (χ3n) is 6.58. The second-order valence-corrected chi connectivity index (χ2v) is 9.94. The molecule has 0 spiro atoms. The van der Waals surface area contributed by atoms with Crippen molar-refractivity contribution in [1.29, 1.82) is 0 Å². The number of nitrogens with zero attached hydrogens (tertiary/aromatic N) is 3. The zero-order valence-corrected chi connectivity index (χ0v) is 20.9. The van der Waals surface area contributed by atoms with Crippen molar-refractivity contribution in [2.75, 3.05) is 0 Å². The Morgan fingerprint density at radius 3 is 2.11 bits per heavy atom. The van der Waals surface area contributed by atoms with E-state index in [4.69, 9.17) is 0 Å². The molecule has 0 saturated heterocycles. The first-order valence-electron chi connectivity index (χ1n) is 11.4. The van der Waals surface area contributed by atoms with Crippen molar-refractivity contribution in [3.63, 3.8) is 0 Å². The molecule has 0 radical (unpaired) electrons. The van der Waals surface area contributed by atoms with Gasteiger partial charge >= 0.3 is 0 Å². The van der Waals surface area contributed by atoms with Crippen LogP contribution in [0, 0.1) is 0 Å². The highest BCUT2D eigenvalue weighted by molar-refractivity contribution is 9.10. The summed E-state index contributed by atoms with van der Waals surface area (Å²) in [5, 5.41) is 2.46. The molecule has 0 unspecified atom stereocenters. The Morgan fingerprint density at radius 2 is 1.26 bits per heavy atom. The molecule has 0 aliphatic heterocycles. The van der Waals surface area contributed by atoms with Crippen molar-refractivity contribution in [2.24, 2.45) is 0 Å². The molecule has 0 bridgehead atoms. The van der Waals surface area contributed by atoms with Crippen molar-refractivity contribution in [2.45, 2.75) is 0 Å². The van der Waals surface area contributed by atoms with Crippen molar-refractivity contribution in [3.8, 4) is 27.9 Å². The number of para-hydroxylation sites is 1. The van der Waals surface area contributed by atoms with E-state index in [2.05, 4.69) is 138 Å². The van der Waals surface area contributed by atoms with Crippen LogP contribution in [0.3, 0.4) is 0 Å². The first-order valence-corrected chi connectivity index (χ1v) is 12.9. The second kappa shape index (κ2) is 8.15. The summed E-state index contributed by atoms with van der Waals surface area (Å²) in [7, 11) is 0. The monoisotopic (exact) mass is 531 g/mol. The average molecular weight is 532 g/mol. The molecule has 7 rings (SSSR count). The van der Waals surface area contributed by atoms with Crippen molar-refractivity contribution >= 4 is 60.5 Å². The quantitative estimate of drug-likeness (QED) is 0.228. The number of benzene rings is 5. The molecule has 2 heterocycles. The largest absolute Gasteiger partial charge is 0.309 e. The van der Waals surface area contributed by atoms with E-state index < -0.39 is 0 Å². The number of hydrogen-bond donors (Lipinski definition) is 0. The van der Waals surface area contributed by atoms with Crippen LogP contribution < -0.4 is 0 Å². The Morgan fingerprint density at radius 1 is 0.571 bits per heavy atom. The minimum absolute atomic E-state index is 0.911. The highest BCUT2D eigenvalue weighted by Gasteiger charge is 2.15. The highest BCUT2D eigenvalue weighted by Crippen LogP contribution is 2.37. The van der Waals surface area contributed by atoms with E-state index in [1.165, 1.54) is 44.7 Å². The minimum atomic E-state index is 0.911. The van der Waals surface area contributed by atoms with Gasteiger partial charge in [-0.3, -0.25) is 0 Å². The molecular formula is C30H18BrN3S. The van der Waals surface area contributed by atoms with Crippen LogP contribution in [-0.4, -0.2) is 13.3 Å². The average Bonchev–Trinajstić information content (AvgIpc) is 3.53. The molecule has 0 fully saturated rings. The summed E-state index contributed by atoms with van der Waals surface area (Å²) in [6.07, 6.45) is 0. The van der Waals surface area contributed by atoms with Crippen LogP contribution in [0.15, 0.2) is 114 Å². The molecule has 35 heavy (non-hydrogen) atoms. The third kappa shape index (κ3) is 3.31. The fraction of sp³-hybridized carbons (Fsp3) is 0. The van der Waals surface area contributed by atoms with E-state index in [-0.39, 0.29) is 0 Å². The lowest BCUT2D eigenvalue weighted by Gasteiger charge is -2.10. The maximum Gasteiger partial charge on any atom is 0.119 e. The van der Waals surface area contributed by atoms with Gasteiger partial charge in [0.05, 0.1) is 22.8 Å². The predicted octanol–water partition coefficient (Wildman–Crippen LogP) is 8.88. The van der Waals surface area contributed by atoms with Crippen LogP contribution in [0.25, 0.3) is 60.8 Å². The summed E-state index contributed by atoms with van der Waals surface area (Å²) in [5.74, 6) is 0. The number of hydrogen-bond acceptors (Lipinski definition) is 3. The van der Waals surface area contributed by atoms with E-state index in [0.717, 1.165) is 32.3 Å². The summed E-state index contributed by atoms with van der Waals surface area (Å²) in [6.45, 7) is 0. The Labute approximate surface area is 214 Å². The molecule has 0 amide bonds. The van der Waals surface area contributed by atoms with E-state index in [0.29, 0.717) is 0 Å². The molecule has 0 N–H and O–H groups in total. The van der Waals surface area contributed by atoms with Gasteiger partial charge in [0.2, 0.25) is 0 Å². The van der Waals surface area contributed by atoms with Crippen LogP contribution in [0.4, 0.5) is 0 Å². The normalized spacial score (nSPS) is 11.6. The topological polar surface area (TPSA) is 30.7 Å². The lowest BCUT2D eigenvalue weighted by molar-refractivity contribution is 1.18. The molecule has 7 aromatic rings. The molecule has 166 valence electrons. The number of halogens is 1. The lowest BCUT2D eigenvalue weighted by Crippen LogP contribution is -1.93. The molecule has 0 aliphatic rings. The van der Waals surface area contributed by atoms with Gasteiger partial charge in [-0.25, -0.2) is 0 Å². The maximum atomic E-state index is 4.58. The zero-order valence-electron chi connectivity index (χ0n) is 18.5. The molecule has 0 saturated carbocycles. The fourth-order valence-corrected chi connectivity index (χ4v) is 6.02. The molecule has 5 heteroatoms. The van der Waals surface area contributed by atoms with E-state index in [9.17, 15) is 0 Å². The van der Waals surface area contributed by atoms with Crippen LogP contribution in [0.5, 0.6) is 0 Å². The Hall–Kier alpha value is -3.80. The molecule has 0 atom stereocenters. The number of rotatable bonds is 3. The Kier molecular flexibility index (Phi) is 4.79. The fourth-order valence-electron chi connectivity index (χ4n) is 4.92. The van der Waals surface area contributed by atoms with Crippen LogP contribution >= 0.6 is 27.7 Å². The first kappa shape index (κ1) is 20.6. The van der Waals surface area contributed by atoms with Gasteiger partial charge in [0.1, 0.15) is 11.0 Å². The van der Waals surface area contributed by atoms with Crippen molar-refractivity contribution < 1.29 is 0 Å². The maximum absolute atomic E-state index is 4.58. The lowest BCUT2D eigenvalue weighted by atomic mass is 10.0. The predicted molar refractivity (Wildman–Crippen MR) is 150 cm³/mol. The smallest absolute Gasteiger partial charge is 0.119 e. The van der Waals surface area contributed by atoms with Crippen LogP contribution in [0.2, 0.25) is 0 Å². The van der Waals surface area contributed by atoms with Crippen molar-refractivity contribution in [3.05, 3.63) is 114 Å². The van der Waals surface area contributed by atoms with E-state index in [1.54, 1.807) is 0 Å². The highest BCUT2D eigenvalue weighted by atomic mass is 79.9. The molecular weight excluding hydrogens is 514 g/mol. The van der Waals surface area contributed by atoms with Gasteiger partial charge < -0.3 is 4.57 Å². The Balaban J connectivity index is 1.42. The van der Waals surface area contributed by atoms with Gasteiger partial charge in [-0.15, -0.1) is 0 Å². The van der Waals surface area contributed by atoms with Gasteiger partial charge in [-0.2, -0.15) is 8.75 Å². The first-order chi connectivity index (χ1) is 17.3. The number of fused-ring (bicyclic) bond motifs is 4. The van der Waals surface area contributed by atoms with E-state index >= 15 is 0 Å². The minimum Gasteiger partial charge on any atom is -0.309 e. The third-order valence-corrected chi connectivity index (χ3v) is 7.75. The van der Waals surface area contributed by atoms with E-state index in [1.807, 2.05) is 0 Å². The van der Waals surface area contributed by atoms with Gasteiger partial charge in [0.15, 0.2) is 0 Å². The van der Waals surface area contributed by atoms with Gasteiger partial charge in [0.25, 0.3) is 0 Å². The van der Waals surface area contributed by atoms with Gasteiger partial charge in [-0.05, 0) is 69.0 Å². The molecule has 2 aromatic heterocycles. The summed E-state index contributed by atoms with van der Waals surface area (Å²) in [6, 6.07) is 38.8. The summed E-state index contributed by atoms with van der Waals surface area (Å²) in [5.41, 5.74) is 10.1. The summed E-state index contributed by atoms with van der Waals surface area (Å²) < 4.78 is 12.4. The van der Waals surface area contributed by atoms with Crippen molar-refractivity contribution in [1.82, 2.24) is 13.3 Å². The molecule has 3 nitrogen and oxygen atoms in total. The van der Waals surface area contributed by atoms with Crippen LogP contribution in [0.1, 0.15) is 0 Å². The van der Waals surface area contributed by atoms with Gasteiger partial charge in [-0.1, -0.05) is 72.8 Å². The summed E-state index contributed by atoms with van der Waals surface area (Å²) >= 11 is 4.85.